The Kier molecular flexibility index (Phi) is 4.26. The van der Waals surface area contributed by atoms with Crippen molar-refractivity contribution in [3.05, 3.63) is 51.6 Å². The molecule has 2 aromatic heterocycles. The fourth-order valence-corrected chi connectivity index (χ4v) is 3.28. The molecule has 0 saturated heterocycles. The standard InChI is InChI=1S/C15H13N3O2S2/c1-9-2-4-10(5-3-9)16-12(19)8-22-15-17-11-6-7-21-13(11)14(20)18-15/h2-7H,8H2,1H3,(H,16,19)(H,17,18,20). The summed E-state index contributed by atoms with van der Waals surface area (Å²) < 4.78 is 0.605. The summed E-state index contributed by atoms with van der Waals surface area (Å²) in [6, 6.07) is 9.38. The van der Waals surface area contributed by atoms with Crippen molar-refractivity contribution in [1.82, 2.24) is 9.97 Å². The maximum absolute atomic E-state index is 11.9. The number of hydrogen-bond donors (Lipinski definition) is 2. The molecular formula is C15H13N3O2S2. The molecule has 0 unspecified atom stereocenters. The number of rotatable bonds is 4. The molecule has 0 aliphatic carbocycles. The van der Waals surface area contributed by atoms with Crippen LogP contribution in [0.1, 0.15) is 5.56 Å². The Morgan fingerprint density at radius 1 is 1.32 bits per heavy atom. The van der Waals surface area contributed by atoms with Gasteiger partial charge in [0.25, 0.3) is 5.56 Å². The average Bonchev–Trinajstić information content (AvgIpc) is 2.97. The van der Waals surface area contributed by atoms with Crippen molar-refractivity contribution < 1.29 is 4.79 Å². The highest BCUT2D eigenvalue weighted by Gasteiger charge is 2.08. The van der Waals surface area contributed by atoms with Gasteiger partial charge in [0.05, 0.1) is 11.3 Å². The maximum atomic E-state index is 11.9. The van der Waals surface area contributed by atoms with Crippen molar-refractivity contribution in [3.63, 3.8) is 0 Å². The predicted molar refractivity (Wildman–Crippen MR) is 90.8 cm³/mol. The van der Waals surface area contributed by atoms with Gasteiger partial charge in [-0.15, -0.1) is 11.3 Å². The molecule has 0 fully saturated rings. The highest BCUT2D eigenvalue weighted by molar-refractivity contribution is 7.99. The molecule has 0 spiro atoms. The van der Waals surface area contributed by atoms with E-state index in [-0.39, 0.29) is 17.2 Å². The number of aryl methyl sites for hydroxylation is 1. The summed E-state index contributed by atoms with van der Waals surface area (Å²) in [5.74, 6) is 0.0499. The number of amides is 1. The Balaban J connectivity index is 1.64. The van der Waals surface area contributed by atoms with E-state index in [0.717, 1.165) is 11.3 Å². The highest BCUT2D eigenvalue weighted by Crippen LogP contribution is 2.18. The number of nitrogens with zero attached hydrogens (tertiary/aromatic N) is 1. The van der Waals surface area contributed by atoms with Crippen LogP contribution in [0.25, 0.3) is 10.2 Å². The summed E-state index contributed by atoms with van der Waals surface area (Å²) >= 11 is 2.56. The number of thioether (sulfide) groups is 1. The van der Waals surface area contributed by atoms with Gasteiger partial charge in [0, 0.05) is 5.69 Å². The van der Waals surface area contributed by atoms with Gasteiger partial charge in [-0.05, 0) is 30.5 Å². The van der Waals surface area contributed by atoms with Crippen LogP contribution in [0.2, 0.25) is 0 Å². The van der Waals surface area contributed by atoms with Gasteiger partial charge in [0.2, 0.25) is 5.91 Å². The quantitative estimate of drug-likeness (QED) is 0.569. The van der Waals surface area contributed by atoms with Gasteiger partial charge in [-0.1, -0.05) is 29.5 Å². The lowest BCUT2D eigenvalue weighted by Crippen LogP contribution is -2.15. The summed E-state index contributed by atoms with van der Waals surface area (Å²) in [7, 11) is 0. The number of aromatic amines is 1. The number of H-pyrrole nitrogens is 1. The SMILES string of the molecule is Cc1ccc(NC(=O)CSc2nc3ccsc3c(=O)[nH]2)cc1. The fourth-order valence-electron chi connectivity index (χ4n) is 1.89. The third kappa shape index (κ3) is 3.37. The van der Waals surface area contributed by atoms with Crippen LogP contribution >= 0.6 is 23.1 Å². The van der Waals surface area contributed by atoms with E-state index in [1.807, 2.05) is 36.6 Å². The second kappa shape index (κ2) is 6.33. The Bertz CT molecular complexity index is 868. The summed E-state index contributed by atoms with van der Waals surface area (Å²) in [5.41, 5.74) is 2.39. The van der Waals surface area contributed by atoms with Gasteiger partial charge in [-0.2, -0.15) is 0 Å². The smallest absolute Gasteiger partial charge is 0.269 e. The molecule has 3 rings (SSSR count). The molecule has 2 N–H and O–H groups in total. The lowest BCUT2D eigenvalue weighted by Gasteiger charge is -2.05. The fraction of sp³-hybridized carbons (Fsp3) is 0.133. The molecule has 7 heteroatoms. The number of carbonyl (C=O) groups excluding carboxylic acids is 1. The van der Waals surface area contributed by atoms with E-state index in [0.29, 0.717) is 15.4 Å². The van der Waals surface area contributed by atoms with Gasteiger partial charge in [-0.25, -0.2) is 4.98 Å². The number of benzene rings is 1. The minimum absolute atomic E-state index is 0.137. The first kappa shape index (κ1) is 14.8. The van der Waals surface area contributed by atoms with Crippen molar-refractivity contribution in [2.24, 2.45) is 0 Å². The van der Waals surface area contributed by atoms with E-state index >= 15 is 0 Å². The van der Waals surface area contributed by atoms with Crippen LogP contribution in [0.4, 0.5) is 5.69 Å². The molecule has 1 aromatic carbocycles. The second-order valence-electron chi connectivity index (χ2n) is 4.71. The van der Waals surface area contributed by atoms with E-state index < -0.39 is 0 Å². The monoisotopic (exact) mass is 331 g/mol. The van der Waals surface area contributed by atoms with Crippen molar-refractivity contribution in [2.75, 3.05) is 11.1 Å². The van der Waals surface area contributed by atoms with Gasteiger partial charge < -0.3 is 10.3 Å². The van der Waals surface area contributed by atoms with Crippen LogP contribution in [0, 0.1) is 6.92 Å². The number of nitrogens with one attached hydrogen (secondary N) is 2. The first-order valence-corrected chi connectivity index (χ1v) is 8.45. The van der Waals surface area contributed by atoms with Crippen LogP contribution < -0.4 is 10.9 Å². The molecule has 5 nitrogen and oxygen atoms in total. The zero-order valence-corrected chi connectivity index (χ0v) is 13.4. The molecule has 3 aromatic rings. The molecule has 0 atom stereocenters. The molecular weight excluding hydrogens is 318 g/mol. The van der Waals surface area contributed by atoms with Gasteiger partial charge in [0.1, 0.15) is 4.70 Å². The summed E-state index contributed by atoms with van der Waals surface area (Å²) in [6.07, 6.45) is 0. The molecule has 0 saturated carbocycles. The third-order valence-corrected chi connectivity index (χ3v) is 4.74. The first-order valence-electron chi connectivity index (χ1n) is 6.59. The molecule has 0 radical (unpaired) electrons. The molecule has 0 bridgehead atoms. The van der Waals surface area contributed by atoms with E-state index in [1.54, 1.807) is 6.07 Å². The van der Waals surface area contributed by atoms with Gasteiger partial charge in [0.15, 0.2) is 5.16 Å². The maximum Gasteiger partial charge on any atom is 0.269 e. The minimum Gasteiger partial charge on any atom is -0.325 e. The van der Waals surface area contributed by atoms with Crippen LogP contribution in [-0.4, -0.2) is 21.6 Å². The lowest BCUT2D eigenvalue weighted by molar-refractivity contribution is -0.113. The molecule has 22 heavy (non-hydrogen) atoms. The average molecular weight is 331 g/mol. The van der Waals surface area contributed by atoms with Crippen LogP contribution in [-0.2, 0) is 4.79 Å². The number of anilines is 1. The molecule has 0 aliphatic heterocycles. The molecule has 112 valence electrons. The Hall–Kier alpha value is -2.12. The minimum atomic E-state index is -0.165. The molecule has 1 amide bonds. The van der Waals surface area contributed by atoms with E-state index in [2.05, 4.69) is 15.3 Å². The Labute approximate surface area is 134 Å². The van der Waals surface area contributed by atoms with E-state index in [1.165, 1.54) is 23.1 Å². The largest absolute Gasteiger partial charge is 0.325 e. The van der Waals surface area contributed by atoms with E-state index in [9.17, 15) is 9.59 Å². The summed E-state index contributed by atoms with van der Waals surface area (Å²) in [5, 5.41) is 5.09. The van der Waals surface area contributed by atoms with Gasteiger partial charge in [-0.3, -0.25) is 9.59 Å². The number of carbonyl (C=O) groups is 1. The Morgan fingerprint density at radius 2 is 2.09 bits per heavy atom. The van der Waals surface area contributed by atoms with Crippen LogP contribution in [0.3, 0.4) is 0 Å². The number of aromatic nitrogens is 2. The predicted octanol–water partition coefficient (Wildman–Crippen LogP) is 3.02. The van der Waals surface area contributed by atoms with Gasteiger partial charge >= 0.3 is 0 Å². The number of thiophene rings is 1. The summed E-state index contributed by atoms with van der Waals surface area (Å²) in [6.45, 7) is 1.99. The lowest BCUT2D eigenvalue weighted by atomic mass is 10.2. The topological polar surface area (TPSA) is 74.8 Å². The van der Waals surface area contributed by atoms with E-state index in [4.69, 9.17) is 0 Å². The highest BCUT2D eigenvalue weighted by atomic mass is 32.2. The zero-order chi connectivity index (χ0) is 15.5. The van der Waals surface area contributed by atoms with Crippen molar-refractivity contribution >= 4 is 44.9 Å². The van der Waals surface area contributed by atoms with Crippen LogP contribution in [0.15, 0.2) is 45.7 Å². The molecule has 2 heterocycles. The molecule has 0 aliphatic rings. The normalized spacial score (nSPS) is 10.8. The zero-order valence-electron chi connectivity index (χ0n) is 11.8. The second-order valence-corrected chi connectivity index (χ2v) is 6.59. The Morgan fingerprint density at radius 3 is 2.86 bits per heavy atom. The summed E-state index contributed by atoms with van der Waals surface area (Å²) in [4.78, 5) is 30.8. The number of fused-ring (bicyclic) bond motifs is 1. The third-order valence-electron chi connectivity index (χ3n) is 2.97. The van der Waals surface area contributed by atoms with Crippen LogP contribution in [0.5, 0.6) is 0 Å². The van der Waals surface area contributed by atoms with Crippen molar-refractivity contribution in [2.45, 2.75) is 12.1 Å². The first-order chi connectivity index (χ1) is 10.6. The van der Waals surface area contributed by atoms with Crippen molar-refractivity contribution in [3.8, 4) is 0 Å². The number of hydrogen-bond acceptors (Lipinski definition) is 5. The van der Waals surface area contributed by atoms with Crippen molar-refractivity contribution in [1.29, 1.82) is 0 Å².